The Hall–Kier alpha value is 0.190. The van der Waals surface area contributed by atoms with Crippen LogP contribution in [0.25, 0.3) is 0 Å². The van der Waals surface area contributed by atoms with Gasteiger partial charge in [0.25, 0.3) is 0 Å². The van der Waals surface area contributed by atoms with E-state index in [1.807, 2.05) is 0 Å². The van der Waals surface area contributed by atoms with Gasteiger partial charge in [-0.25, -0.2) is 0 Å². The molecule has 2 aliphatic rings. The van der Waals surface area contributed by atoms with Crippen molar-refractivity contribution in [2.24, 2.45) is 0 Å². The number of hydrogen-bond acceptors (Lipinski definition) is 2. The fourth-order valence-corrected chi connectivity index (χ4v) is 4.59. The number of rotatable bonds is 2. The zero-order valence-corrected chi connectivity index (χ0v) is 9.59. The van der Waals surface area contributed by atoms with Crippen molar-refractivity contribution in [2.45, 2.75) is 38.4 Å². The van der Waals surface area contributed by atoms with Crippen LogP contribution in [0, 0.1) is 0 Å². The van der Waals surface area contributed by atoms with E-state index in [1.165, 1.54) is 12.8 Å². The molecule has 2 nitrogen and oxygen atoms in total. The lowest BCUT2D eigenvalue weighted by atomic mass is 10.4. The van der Waals surface area contributed by atoms with Crippen LogP contribution in [0.2, 0.25) is 0 Å². The average Bonchev–Trinajstić information content (AvgIpc) is 2.88. The molecule has 0 aromatic rings. The van der Waals surface area contributed by atoms with E-state index in [2.05, 4.69) is 18.7 Å². The molecule has 0 bridgehead atoms. The predicted molar refractivity (Wildman–Crippen MR) is 57.1 cm³/mol. The summed E-state index contributed by atoms with van der Waals surface area (Å²) in [5, 5.41) is 0. The Bertz CT molecular complexity index is 223. The highest BCUT2D eigenvalue weighted by molar-refractivity contribution is 7.64. The minimum Gasteiger partial charge on any atom is -0.323 e. The van der Waals surface area contributed by atoms with Gasteiger partial charge in [-0.05, 0) is 12.8 Å². The lowest BCUT2D eigenvalue weighted by molar-refractivity contribution is 0.284. The van der Waals surface area contributed by atoms with Gasteiger partial charge in [-0.2, -0.15) is 0 Å². The van der Waals surface area contributed by atoms with Crippen molar-refractivity contribution in [3.63, 3.8) is 0 Å². The normalized spacial score (nSPS) is 29.5. The van der Waals surface area contributed by atoms with Gasteiger partial charge in [0.05, 0.1) is 7.14 Å². The first-order chi connectivity index (χ1) is 6.12. The molecule has 1 saturated heterocycles. The molecular formula is C10H20NOP. The van der Waals surface area contributed by atoms with Crippen molar-refractivity contribution in [3.8, 4) is 0 Å². The van der Waals surface area contributed by atoms with Gasteiger partial charge in [0.2, 0.25) is 0 Å². The van der Waals surface area contributed by atoms with Crippen LogP contribution in [-0.4, -0.2) is 42.0 Å². The Morgan fingerprint density at radius 3 is 2.15 bits per heavy atom. The van der Waals surface area contributed by atoms with Gasteiger partial charge in [0.15, 0.2) is 0 Å². The van der Waals surface area contributed by atoms with E-state index in [9.17, 15) is 4.57 Å². The predicted octanol–water partition coefficient (Wildman–Crippen LogP) is 2.24. The second kappa shape index (κ2) is 3.40. The highest BCUT2D eigenvalue weighted by atomic mass is 31.2. The van der Waals surface area contributed by atoms with E-state index < -0.39 is 7.14 Å². The third kappa shape index (κ3) is 1.99. The van der Waals surface area contributed by atoms with Crippen molar-refractivity contribution >= 4 is 7.14 Å². The Morgan fingerprint density at radius 1 is 1.23 bits per heavy atom. The van der Waals surface area contributed by atoms with E-state index >= 15 is 0 Å². The summed E-state index contributed by atoms with van der Waals surface area (Å²) in [6, 6.07) is 0.862. The Kier molecular flexibility index (Phi) is 2.55. The molecule has 0 amide bonds. The number of nitrogens with zero attached hydrogens (tertiary/aromatic N) is 1. The van der Waals surface area contributed by atoms with Crippen LogP contribution >= 0.6 is 7.14 Å². The van der Waals surface area contributed by atoms with Crippen LogP contribution in [0.4, 0.5) is 0 Å². The second-order valence-electron chi connectivity index (χ2n) is 4.76. The minimum absolute atomic E-state index is 0.411. The van der Waals surface area contributed by atoms with E-state index in [1.54, 1.807) is 0 Å². The lowest BCUT2D eigenvalue weighted by Gasteiger charge is -2.34. The van der Waals surface area contributed by atoms with Crippen LogP contribution in [0.15, 0.2) is 0 Å². The molecule has 1 aliphatic carbocycles. The van der Waals surface area contributed by atoms with E-state index in [-0.39, 0.29) is 0 Å². The maximum Gasteiger partial charge on any atom is 0.0926 e. The third-order valence-electron chi connectivity index (χ3n) is 3.54. The summed E-state index contributed by atoms with van der Waals surface area (Å²) in [4.78, 5) is 2.54. The fraction of sp³-hybridized carbons (Fsp3) is 1.00. The van der Waals surface area contributed by atoms with E-state index in [0.29, 0.717) is 5.66 Å². The zero-order chi connectivity index (χ0) is 9.47. The maximum atomic E-state index is 12.3. The summed E-state index contributed by atoms with van der Waals surface area (Å²) in [5.74, 6) is 0. The van der Waals surface area contributed by atoms with Crippen LogP contribution < -0.4 is 0 Å². The van der Waals surface area contributed by atoms with Gasteiger partial charge in [-0.3, -0.25) is 4.90 Å². The molecule has 13 heavy (non-hydrogen) atoms. The molecule has 1 aliphatic heterocycles. The van der Waals surface area contributed by atoms with Gasteiger partial charge in [0, 0.05) is 37.1 Å². The molecule has 0 N–H and O–H groups in total. The van der Waals surface area contributed by atoms with Gasteiger partial charge < -0.3 is 4.57 Å². The average molecular weight is 201 g/mol. The topological polar surface area (TPSA) is 20.3 Å². The van der Waals surface area contributed by atoms with E-state index in [4.69, 9.17) is 0 Å². The number of hydrogen-bond donors (Lipinski definition) is 0. The molecule has 0 unspecified atom stereocenters. The lowest BCUT2D eigenvalue weighted by Crippen LogP contribution is -2.37. The van der Waals surface area contributed by atoms with Crippen LogP contribution in [-0.2, 0) is 4.57 Å². The fourth-order valence-electron chi connectivity index (χ4n) is 2.14. The largest absolute Gasteiger partial charge is 0.323 e. The molecule has 0 aromatic carbocycles. The molecule has 0 radical (unpaired) electrons. The molecule has 3 heteroatoms. The van der Waals surface area contributed by atoms with Gasteiger partial charge in [0.1, 0.15) is 0 Å². The first-order valence-corrected chi connectivity index (χ1v) is 7.58. The zero-order valence-electron chi connectivity index (χ0n) is 8.70. The van der Waals surface area contributed by atoms with Gasteiger partial charge >= 0.3 is 0 Å². The van der Waals surface area contributed by atoms with Crippen molar-refractivity contribution in [1.82, 2.24) is 4.90 Å². The Morgan fingerprint density at radius 2 is 1.77 bits per heavy atom. The summed E-state index contributed by atoms with van der Waals surface area (Å²) in [7, 11) is -1.78. The Balaban J connectivity index is 1.91. The highest BCUT2D eigenvalue weighted by Gasteiger charge is 2.37. The molecule has 1 saturated carbocycles. The van der Waals surface area contributed by atoms with Crippen molar-refractivity contribution < 1.29 is 4.57 Å². The monoisotopic (exact) mass is 201 g/mol. The molecule has 0 spiro atoms. The second-order valence-corrected chi connectivity index (χ2v) is 8.59. The molecule has 0 aromatic heterocycles. The van der Waals surface area contributed by atoms with Gasteiger partial charge in [-0.15, -0.1) is 0 Å². The van der Waals surface area contributed by atoms with Crippen molar-refractivity contribution in [2.75, 3.05) is 25.4 Å². The van der Waals surface area contributed by atoms with Crippen molar-refractivity contribution in [3.05, 3.63) is 0 Å². The first-order valence-electron chi connectivity index (χ1n) is 5.44. The van der Waals surface area contributed by atoms with Crippen LogP contribution in [0.5, 0.6) is 0 Å². The molecular weight excluding hydrogens is 181 g/mol. The summed E-state index contributed by atoms with van der Waals surface area (Å²) < 4.78 is 12.3. The summed E-state index contributed by atoms with van der Waals surface area (Å²) >= 11 is 0. The molecule has 2 fully saturated rings. The Labute approximate surface area is 81.1 Å². The molecule has 0 atom stereocenters. The van der Waals surface area contributed by atoms with Crippen LogP contribution in [0.3, 0.4) is 0 Å². The first kappa shape index (κ1) is 9.73. The summed E-state index contributed by atoms with van der Waals surface area (Å²) in [6.07, 6.45) is 4.71. The van der Waals surface area contributed by atoms with Crippen molar-refractivity contribution in [1.29, 1.82) is 0 Å². The summed E-state index contributed by atoms with van der Waals surface area (Å²) in [5.41, 5.74) is 0.411. The highest BCUT2D eigenvalue weighted by Crippen LogP contribution is 2.52. The van der Waals surface area contributed by atoms with Crippen LogP contribution in [0.1, 0.15) is 26.7 Å². The minimum atomic E-state index is -1.78. The molecule has 76 valence electrons. The molecule has 1 heterocycles. The molecule has 2 rings (SSSR count). The van der Waals surface area contributed by atoms with E-state index in [0.717, 1.165) is 31.5 Å². The van der Waals surface area contributed by atoms with Gasteiger partial charge in [-0.1, -0.05) is 13.8 Å². The quantitative estimate of drug-likeness (QED) is 0.638. The SMILES string of the molecule is CC(C)P1(=O)CCN(C2CC2)CC1. The third-order valence-corrected chi connectivity index (χ3v) is 7.33. The smallest absolute Gasteiger partial charge is 0.0926 e. The maximum absolute atomic E-state index is 12.3. The standard InChI is InChI=1S/C10H20NOP/c1-9(2)13(12)7-5-11(6-8-13)10-3-4-10/h9-10H,3-8H2,1-2H3. The summed E-state index contributed by atoms with van der Waals surface area (Å²) in [6.45, 7) is 6.43.